The van der Waals surface area contributed by atoms with E-state index in [1.165, 1.54) is 44.9 Å². The molecule has 2 nitrogen and oxygen atoms in total. The molecule has 2 fully saturated rings. The summed E-state index contributed by atoms with van der Waals surface area (Å²) in [5.74, 6) is 0.878. The smallest absolute Gasteiger partial charge is 0.0224 e. The van der Waals surface area contributed by atoms with Crippen molar-refractivity contribution in [2.24, 2.45) is 11.7 Å². The van der Waals surface area contributed by atoms with Gasteiger partial charge in [-0.2, -0.15) is 0 Å². The Bertz CT molecular complexity index is 217. The van der Waals surface area contributed by atoms with Gasteiger partial charge in [0.05, 0.1) is 0 Å². The molecule has 1 aliphatic carbocycles. The van der Waals surface area contributed by atoms with Crippen LogP contribution in [0, 0.1) is 5.92 Å². The molecule has 2 rings (SSSR count). The molecule has 2 aliphatic rings. The zero-order chi connectivity index (χ0) is 11.5. The third-order valence-corrected chi connectivity index (χ3v) is 4.81. The molecule has 0 aromatic carbocycles. The van der Waals surface area contributed by atoms with Crippen molar-refractivity contribution >= 4 is 0 Å². The lowest BCUT2D eigenvalue weighted by Crippen LogP contribution is -2.56. The van der Waals surface area contributed by atoms with Crippen LogP contribution >= 0.6 is 0 Å². The number of nitrogens with zero attached hydrogens (tertiary/aromatic N) is 1. The highest BCUT2D eigenvalue weighted by Crippen LogP contribution is 2.34. The first-order valence-corrected chi connectivity index (χ1v) is 7.21. The Morgan fingerprint density at radius 2 is 1.75 bits per heavy atom. The lowest BCUT2D eigenvalue weighted by Gasteiger charge is -2.48. The average molecular weight is 224 g/mol. The van der Waals surface area contributed by atoms with Crippen LogP contribution in [0.3, 0.4) is 0 Å². The second-order valence-corrected chi connectivity index (χ2v) is 5.95. The Balaban J connectivity index is 2.07. The molecule has 4 unspecified atom stereocenters. The van der Waals surface area contributed by atoms with E-state index < -0.39 is 0 Å². The van der Waals surface area contributed by atoms with Gasteiger partial charge in [0.25, 0.3) is 0 Å². The molecule has 4 atom stereocenters. The molecule has 1 aliphatic heterocycles. The minimum absolute atomic E-state index is 0.661. The molecule has 94 valence electrons. The SMILES string of the molecule is CC1CCCCC1N1C(C)CCCC1CN. The van der Waals surface area contributed by atoms with Crippen LogP contribution < -0.4 is 5.73 Å². The minimum atomic E-state index is 0.661. The first kappa shape index (κ1) is 12.4. The van der Waals surface area contributed by atoms with E-state index in [-0.39, 0.29) is 0 Å². The third-order valence-electron chi connectivity index (χ3n) is 4.81. The number of rotatable bonds is 2. The molecule has 0 spiro atoms. The Morgan fingerprint density at radius 3 is 2.44 bits per heavy atom. The van der Waals surface area contributed by atoms with Gasteiger partial charge in [0.15, 0.2) is 0 Å². The van der Waals surface area contributed by atoms with E-state index in [1.54, 1.807) is 0 Å². The van der Waals surface area contributed by atoms with Crippen LogP contribution in [0.5, 0.6) is 0 Å². The van der Waals surface area contributed by atoms with Gasteiger partial charge in [0, 0.05) is 24.7 Å². The zero-order valence-corrected chi connectivity index (χ0v) is 11.0. The second-order valence-electron chi connectivity index (χ2n) is 5.95. The van der Waals surface area contributed by atoms with Crippen LogP contribution in [0.2, 0.25) is 0 Å². The van der Waals surface area contributed by atoms with Crippen LogP contribution in [0.25, 0.3) is 0 Å². The van der Waals surface area contributed by atoms with Crippen LogP contribution in [-0.2, 0) is 0 Å². The number of piperidine rings is 1. The molecule has 0 radical (unpaired) electrons. The maximum Gasteiger partial charge on any atom is 0.0224 e. The molecule has 1 saturated carbocycles. The molecular weight excluding hydrogens is 196 g/mol. The predicted molar refractivity (Wildman–Crippen MR) is 69.4 cm³/mol. The quantitative estimate of drug-likeness (QED) is 0.781. The second kappa shape index (κ2) is 5.50. The number of hydrogen-bond acceptors (Lipinski definition) is 2. The summed E-state index contributed by atoms with van der Waals surface area (Å²) in [5.41, 5.74) is 5.97. The molecule has 2 N–H and O–H groups in total. The van der Waals surface area contributed by atoms with Crippen LogP contribution in [-0.4, -0.2) is 29.6 Å². The topological polar surface area (TPSA) is 29.3 Å². The zero-order valence-electron chi connectivity index (χ0n) is 11.0. The van der Waals surface area contributed by atoms with Crippen molar-refractivity contribution < 1.29 is 0 Å². The van der Waals surface area contributed by atoms with E-state index in [1.807, 2.05) is 0 Å². The molecule has 0 bridgehead atoms. The van der Waals surface area contributed by atoms with Crippen molar-refractivity contribution in [3.63, 3.8) is 0 Å². The Hall–Kier alpha value is -0.0800. The summed E-state index contributed by atoms with van der Waals surface area (Å²) in [5, 5.41) is 0. The normalized spacial score (nSPS) is 42.2. The maximum atomic E-state index is 5.97. The van der Waals surface area contributed by atoms with E-state index in [2.05, 4.69) is 18.7 Å². The van der Waals surface area contributed by atoms with Gasteiger partial charge in [0.1, 0.15) is 0 Å². The highest BCUT2D eigenvalue weighted by molar-refractivity contribution is 4.91. The van der Waals surface area contributed by atoms with Crippen molar-refractivity contribution in [1.82, 2.24) is 4.90 Å². The minimum Gasteiger partial charge on any atom is -0.329 e. The number of hydrogen-bond donors (Lipinski definition) is 1. The van der Waals surface area contributed by atoms with Gasteiger partial charge in [0.2, 0.25) is 0 Å². The highest BCUT2D eigenvalue weighted by Gasteiger charge is 2.36. The van der Waals surface area contributed by atoms with Gasteiger partial charge in [-0.1, -0.05) is 26.2 Å². The maximum absolute atomic E-state index is 5.97. The lowest BCUT2D eigenvalue weighted by molar-refractivity contribution is 0.00914. The van der Waals surface area contributed by atoms with E-state index in [9.17, 15) is 0 Å². The summed E-state index contributed by atoms with van der Waals surface area (Å²) < 4.78 is 0. The summed E-state index contributed by atoms with van der Waals surface area (Å²) in [6.07, 6.45) is 9.76. The average Bonchev–Trinajstić information content (AvgIpc) is 2.30. The van der Waals surface area contributed by atoms with Gasteiger partial charge in [-0.15, -0.1) is 0 Å². The van der Waals surface area contributed by atoms with Crippen LogP contribution in [0.1, 0.15) is 58.8 Å². The fourth-order valence-electron chi connectivity index (χ4n) is 3.88. The Labute approximate surface area is 101 Å². The van der Waals surface area contributed by atoms with E-state index in [0.29, 0.717) is 6.04 Å². The largest absolute Gasteiger partial charge is 0.329 e. The van der Waals surface area contributed by atoms with Gasteiger partial charge in [-0.3, -0.25) is 4.90 Å². The fourth-order valence-corrected chi connectivity index (χ4v) is 3.88. The van der Waals surface area contributed by atoms with Crippen molar-refractivity contribution in [2.45, 2.75) is 76.9 Å². The predicted octanol–water partition coefficient (Wildman–Crippen LogP) is 2.77. The summed E-state index contributed by atoms with van der Waals surface area (Å²) in [6, 6.07) is 2.24. The Kier molecular flexibility index (Phi) is 4.26. The molecular formula is C14H28N2. The van der Waals surface area contributed by atoms with E-state index in [0.717, 1.165) is 24.5 Å². The number of nitrogens with two attached hydrogens (primary N) is 1. The Morgan fingerprint density at radius 1 is 1.00 bits per heavy atom. The monoisotopic (exact) mass is 224 g/mol. The lowest BCUT2D eigenvalue weighted by atomic mass is 9.81. The van der Waals surface area contributed by atoms with Gasteiger partial charge >= 0.3 is 0 Å². The summed E-state index contributed by atoms with van der Waals surface area (Å²) >= 11 is 0. The first-order chi connectivity index (χ1) is 7.74. The van der Waals surface area contributed by atoms with Gasteiger partial charge in [-0.25, -0.2) is 0 Å². The molecule has 16 heavy (non-hydrogen) atoms. The van der Waals surface area contributed by atoms with Crippen molar-refractivity contribution in [1.29, 1.82) is 0 Å². The van der Waals surface area contributed by atoms with Crippen molar-refractivity contribution in [3.05, 3.63) is 0 Å². The highest BCUT2D eigenvalue weighted by atomic mass is 15.2. The fraction of sp³-hybridized carbons (Fsp3) is 1.00. The molecule has 0 amide bonds. The van der Waals surface area contributed by atoms with Gasteiger partial charge < -0.3 is 5.73 Å². The molecule has 1 heterocycles. The van der Waals surface area contributed by atoms with Crippen molar-refractivity contribution in [2.75, 3.05) is 6.54 Å². The number of likely N-dealkylation sites (tertiary alicyclic amines) is 1. The van der Waals surface area contributed by atoms with Crippen LogP contribution in [0.4, 0.5) is 0 Å². The van der Waals surface area contributed by atoms with Gasteiger partial charge in [-0.05, 0) is 38.5 Å². The first-order valence-electron chi connectivity index (χ1n) is 7.21. The molecule has 0 aromatic heterocycles. The van der Waals surface area contributed by atoms with E-state index in [4.69, 9.17) is 5.73 Å². The van der Waals surface area contributed by atoms with Crippen molar-refractivity contribution in [3.8, 4) is 0 Å². The summed E-state index contributed by atoms with van der Waals surface area (Å²) in [4.78, 5) is 2.79. The third kappa shape index (κ3) is 2.43. The summed E-state index contributed by atoms with van der Waals surface area (Å²) in [7, 11) is 0. The molecule has 2 heteroatoms. The van der Waals surface area contributed by atoms with E-state index >= 15 is 0 Å². The standard InChI is InChI=1S/C14H28N2/c1-11-6-3-4-9-14(11)16-12(2)7-5-8-13(16)10-15/h11-14H,3-10,15H2,1-2H3. The summed E-state index contributed by atoms with van der Waals surface area (Å²) in [6.45, 7) is 5.70. The molecule has 0 aromatic rings. The molecule has 1 saturated heterocycles. The van der Waals surface area contributed by atoms with Crippen LogP contribution in [0.15, 0.2) is 0 Å².